The molecule has 0 radical (unpaired) electrons. The van der Waals surface area contributed by atoms with E-state index in [0.29, 0.717) is 5.92 Å². The third kappa shape index (κ3) is 1.17. The van der Waals surface area contributed by atoms with E-state index in [4.69, 9.17) is 0 Å². The van der Waals surface area contributed by atoms with Crippen LogP contribution in [0.5, 0.6) is 0 Å². The molecule has 2 aliphatic heterocycles. The molecule has 4 rings (SSSR count). The van der Waals surface area contributed by atoms with Crippen LogP contribution in [0, 0.1) is 17.7 Å². The molecule has 1 unspecified atom stereocenters. The average Bonchev–Trinajstić information content (AvgIpc) is 2.17. The summed E-state index contributed by atoms with van der Waals surface area (Å²) >= 11 is 0. The lowest BCUT2D eigenvalue weighted by molar-refractivity contribution is 0.0814. The Balaban J connectivity index is 1.90. The summed E-state index contributed by atoms with van der Waals surface area (Å²) in [6.45, 7) is 1.06. The normalized spacial score (nSPS) is 35.1. The van der Waals surface area contributed by atoms with Gasteiger partial charge in [0.25, 0.3) is 0 Å². The molecule has 3 fully saturated rings. The maximum atomic E-state index is 13.5. The molecule has 2 saturated heterocycles. The lowest BCUT2D eigenvalue weighted by Gasteiger charge is -2.47. The third-order valence-electron chi connectivity index (χ3n) is 3.61. The summed E-state index contributed by atoms with van der Waals surface area (Å²) in [5, 5.41) is 3.44. The third-order valence-corrected chi connectivity index (χ3v) is 3.61. The highest BCUT2D eigenvalue weighted by Gasteiger charge is 2.40. The van der Waals surface area contributed by atoms with Crippen molar-refractivity contribution in [3.8, 4) is 0 Å². The van der Waals surface area contributed by atoms with Gasteiger partial charge in [0.1, 0.15) is 5.82 Å². The molecule has 14 heavy (non-hydrogen) atoms. The monoisotopic (exact) mass is 191 g/mol. The summed E-state index contributed by atoms with van der Waals surface area (Å²) < 4.78 is 13.5. The molecule has 1 aromatic rings. The van der Waals surface area contributed by atoms with Crippen LogP contribution in [0.2, 0.25) is 0 Å². The van der Waals surface area contributed by atoms with Crippen molar-refractivity contribution >= 4 is 0 Å². The molecule has 74 valence electrons. The Kier molecular flexibility index (Phi) is 1.84. The molecular formula is C12H14FN. The fourth-order valence-electron chi connectivity index (χ4n) is 2.78. The molecule has 1 nitrogen and oxygen atoms in total. The summed E-state index contributed by atoms with van der Waals surface area (Å²) in [5.74, 6) is 1.48. The zero-order valence-electron chi connectivity index (χ0n) is 8.04. The van der Waals surface area contributed by atoms with Crippen LogP contribution in [-0.4, -0.2) is 6.54 Å². The fraction of sp³-hybridized carbons (Fsp3) is 0.500. The van der Waals surface area contributed by atoms with E-state index in [9.17, 15) is 4.39 Å². The second-order valence-corrected chi connectivity index (χ2v) is 4.50. The Morgan fingerprint density at radius 1 is 1.21 bits per heavy atom. The quantitative estimate of drug-likeness (QED) is 0.719. The number of benzene rings is 1. The molecule has 2 bridgehead atoms. The van der Waals surface area contributed by atoms with Gasteiger partial charge in [0, 0.05) is 11.6 Å². The van der Waals surface area contributed by atoms with Crippen LogP contribution < -0.4 is 5.32 Å². The predicted molar refractivity (Wildman–Crippen MR) is 53.4 cm³/mol. The minimum atomic E-state index is -0.0599. The number of piperidine rings is 2. The van der Waals surface area contributed by atoms with E-state index in [1.54, 1.807) is 12.1 Å². The molecule has 3 aliphatic rings. The Morgan fingerprint density at radius 2 is 2.00 bits per heavy atom. The van der Waals surface area contributed by atoms with Gasteiger partial charge in [-0.1, -0.05) is 18.2 Å². The maximum absolute atomic E-state index is 13.5. The van der Waals surface area contributed by atoms with Gasteiger partial charge < -0.3 is 5.32 Å². The maximum Gasteiger partial charge on any atom is 0.127 e. The van der Waals surface area contributed by atoms with E-state index in [1.165, 1.54) is 12.8 Å². The van der Waals surface area contributed by atoms with E-state index >= 15 is 0 Å². The zero-order chi connectivity index (χ0) is 9.54. The number of halogens is 1. The molecule has 0 spiro atoms. The molecule has 1 aromatic carbocycles. The highest BCUT2D eigenvalue weighted by Crippen LogP contribution is 2.46. The largest absolute Gasteiger partial charge is 0.309 e. The highest BCUT2D eigenvalue weighted by molar-refractivity contribution is 5.23. The lowest BCUT2D eigenvalue weighted by Crippen LogP contribution is -2.48. The van der Waals surface area contributed by atoms with E-state index in [0.717, 1.165) is 18.0 Å². The molecule has 0 aromatic heterocycles. The van der Waals surface area contributed by atoms with Gasteiger partial charge >= 0.3 is 0 Å². The molecule has 1 atom stereocenters. The summed E-state index contributed by atoms with van der Waals surface area (Å²) in [7, 11) is 0. The van der Waals surface area contributed by atoms with Crippen molar-refractivity contribution in [2.45, 2.75) is 18.9 Å². The van der Waals surface area contributed by atoms with Gasteiger partial charge in [-0.2, -0.15) is 0 Å². The standard InChI is InChI=1S/C12H14FN/c13-11-4-2-1-3-10(11)12-9-5-8(6-9)7-14-12/h1-4,8-9,12,14H,5-7H2. The number of rotatable bonds is 1. The van der Waals surface area contributed by atoms with Crippen LogP contribution in [0.25, 0.3) is 0 Å². The molecule has 1 aliphatic carbocycles. The molecule has 1 saturated carbocycles. The van der Waals surface area contributed by atoms with Crippen molar-refractivity contribution < 1.29 is 4.39 Å². The second kappa shape index (κ2) is 3.06. The van der Waals surface area contributed by atoms with Crippen LogP contribution in [0.3, 0.4) is 0 Å². The van der Waals surface area contributed by atoms with Gasteiger partial charge in [0.15, 0.2) is 0 Å². The van der Waals surface area contributed by atoms with Crippen molar-refractivity contribution in [2.24, 2.45) is 11.8 Å². The molecule has 2 heteroatoms. The first-order valence-corrected chi connectivity index (χ1v) is 5.32. The van der Waals surface area contributed by atoms with Gasteiger partial charge in [0.05, 0.1) is 0 Å². The number of nitrogens with one attached hydrogen (secondary N) is 1. The Morgan fingerprint density at radius 3 is 2.64 bits per heavy atom. The average molecular weight is 191 g/mol. The highest BCUT2D eigenvalue weighted by atomic mass is 19.1. The SMILES string of the molecule is Fc1ccccc1C1NCC2CC1C2. The zero-order valence-corrected chi connectivity index (χ0v) is 8.04. The summed E-state index contributed by atoms with van der Waals surface area (Å²) in [6.07, 6.45) is 2.57. The number of hydrogen-bond donors (Lipinski definition) is 1. The van der Waals surface area contributed by atoms with E-state index in [-0.39, 0.29) is 11.9 Å². The van der Waals surface area contributed by atoms with Gasteiger partial charge in [-0.05, 0) is 37.3 Å². The first-order chi connectivity index (χ1) is 6.84. The first kappa shape index (κ1) is 8.42. The van der Waals surface area contributed by atoms with Crippen molar-refractivity contribution in [1.29, 1.82) is 0 Å². The lowest BCUT2D eigenvalue weighted by atomic mass is 9.66. The smallest absolute Gasteiger partial charge is 0.127 e. The Bertz CT molecular complexity index is 341. The van der Waals surface area contributed by atoms with Crippen molar-refractivity contribution in [3.63, 3.8) is 0 Å². The van der Waals surface area contributed by atoms with Crippen molar-refractivity contribution in [3.05, 3.63) is 35.6 Å². The number of fused-ring (bicyclic) bond motifs is 2. The van der Waals surface area contributed by atoms with Crippen molar-refractivity contribution in [2.75, 3.05) is 6.54 Å². The van der Waals surface area contributed by atoms with Gasteiger partial charge in [-0.15, -0.1) is 0 Å². The summed E-state index contributed by atoms with van der Waals surface area (Å²) in [5.41, 5.74) is 0.857. The minimum absolute atomic E-state index is 0.0599. The first-order valence-electron chi connectivity index (χ1n) is 5.32. The van der Waals surface area contributed by atoms with Crippen LogP contribution in [0.15, 0.2) is 24.3 Å². The second-order valence-electron chi connectivity index (χ2n) is 4.50. The van der Waals surface area contributed by atoms with E-state index in [2.05, 4.69) is 5.32 Å². The van der Waals surface area contributed by atoms with Crippen LogP contribution in [-0.2, 0) is 0 Å². The van der Waals surface area contributed by atoms with Crippen LogP contribution >= 0.6 is 0 Å². The molecular weight excluding hydrogens is 177 g/mol. The Labute approximate surface area is 83.3 Å². The summed E-state index contributed by atoms with van der Waals surface area (Å²) in [4.78, 5) is 0. The summed E-state index contributed by atoms with van der Waals surface area (Å²) in [6, 6.07) is 7.41. The predicted octanol–water partition coefficient (Wildman–Crippen LogP) is 2.50. The molecule has 2 heterocycles. The molecule has 0 amide bonds. The van der Waals surface area contributed by atoms with Gasteiger partial charge in [0.2, 0.25) is 0 Å². The van der Waals surface area contributed by atoms with Gasteiger partial charge in [-0.25, -0.2) is 4.39 Å². The topological polar surface area (TPSA) is 12.0 Å². The Hall–Kier alpha value is -0.890. The molecule has 1 N–H and O–H groups in total. The number of hydrogen-bond acceptors (Lipinski definition) is 1. The minimum Gasteiger partial charge on any atom is -0.309 e. The van der Waals surface area contributed by atoms with Crippen molar-refractivity contribution in [1.82, 2.24) is 5.32 Å². The van der Waals surface area contributed by atoms with Gasteiger partial charge in [-0.3, -0.25) is 0 Å². The van der Waals surface area contributed by atoms with Crippen LogP contribution in [0.4, 0.5) is 4.39 Å². The van der Waals surface area contributed by atoms with E-state index in [1.807, 2.05) is 12.1 Å². The fourth-order valence-corrected chi connectivity index (χ4v) is 2.78. The van der Waals surface area contributed by atoms with E-state index < -0.39 is 0 Å². The van der Waals surface area contributed by atoms with Crippen LogP contribution in [0.1, 0.15) is 24.4 Å².